The van der Waals surface area contributed by atoms with Crippen molar-refractivity contribution in [2.75, 3.05) is 7.11 Å². The molecule has 0 spiro atoms. The van der Waals surface area contributed by atoms with Gasteiger partial charge in [-0.3, -0.25) is 14.5 Å². The van der Waals surface area contributed by atoms with E-state index in [0.29, 0.717) is 10.6 Å². The van der Waals surface area contributed by atoms with Crippen molar-refractivity contribution in [3.8, 4) is 17.1 Å². The molecule has 0 bridgehead atoms. The Morgan fingerprint density at radius 3 is 2.57 bits per heavy atom. The Labute approximate surface area is 169 Å². The maximum atomic E-state index is 12.7. The number of aromatic amines is 1. The first-order chi connectivity index (χ1) is 13.4. The second-order valence-electron chi connectivity index (χ2n) is 6.84. The average Bonchev–Trinajstić information content (AvgIpc) is 3.02. The van der Waals surface area contributed by atoms with Gasteiger partial charge in [0, 0.05) is 11.1 Å². The van der Waals surface area contributed by atoms with E-state index in [9.17, 15) is 4.79 Å². The summed E-state index contributed by atoms with van der Waals surface area (Å²) in [6, 6.07) is 13.7. The minimum Gasteiger partial charge on any atom is -0.496 e. The first-order valence-corrected chi connectivity index (χ1v) is 9.46. The van der Waals surface area contributed by atoms with E-state index in [1.807, 2.05) is 63.2 Å². The fourth-order valence-electron chi connectivity index (χ4n) is 3.09. The van der Waals surface area contributed by atoms with E-state index >= 15 is 0 Å². The highest BCUT2D eigenvalue weighted by Crippen LogP contribution is 2.26. The number of methoxy groups -OCH3 is 1. The van der Waals surface area contributed by atoms with Gasteiger partial charge in [0.05, 0.1) is 13.2 Å². The number of carbonyl (C=O) groups is 1. The van der Waals surface area contributed by atoms with Crippen LogP contribution in [0.25, 0.3) is 11.4 Å². The van der Waals surface area contributed by atoms with Crippen molar-refractivity contribution in [3.63, 3.8) is 0 Å². The van der Waals surface area contributed by atoms with Gasteiger partial charge >= 0.3 is 0 Å². The molecule has 7 heteroatoms. The van der Waals surface area contributed by atoms with Crippen LogP contribution in [0.5, 0.6) is 5.75 Å². The third-order valence-electron chi connectivity index (χ3n) is 4.60. The molecule has 3 rings (SSSR count). The Hall–Kier alpha value is -2.93. The van der Waals surface area contributed by atoms with E-state index in [2.05, 4.69) is 15.5 Å². The maximum Gasteiger partial charge on any atom is 0.240 e. The van der Waals surface area contributed by atoms with Crippen molar-refractivity contribution in [1.82, 2.24) is 20.1 Å². The van der Waals surface area contributed by atoms with Crippen LogP contribution in [0.3, 0.4) is 0 Å². The number of ether oxygens (including phenoxy) is 1. The third kappa shape index (κ3) is 4.31. The number of carbonyl (C=O) groups excluding carboxylic acids is 1. The number of hydrogen-bond donors (Lipinski definition) is 2. The fraction of sp³-hybridized carbons (Fsp3) is 0.286. The molecule has 0 aliphatic carbocycles. The van der Waals surface area contributed by atoms with E-state index < -0.39 is 0 Å². The predicted molar refractivity (Wildman–Crippen MR) is 112 cm³/mol. The molecular formula is C21H24N4O2S. The molecule has 1 atom stereocenters. The second-order valence-corrected chi connectivity index (χ2v) is 7.23. The summed E-state index contributed by atoms with van der Waals surface area (Å²) >= 11 is 5.33. The molecule has 1 heterocycles. The second kappa shape index (κ2) is 8.39. The number of nitrogens with zero attached hydrogens (tertiary/aromatic N) is 2. The van der Waals surface area contributed by atoms with Gasteiger partial charge in [-0.1, -0.05) is 47.5 Å². The number of rotatable bonds is 6. The van der Waals surface area contributed by atoms with Gasteiger partial charge < -0.3 is 10.1 Å². The molecule has 0 saturated heterocycles. The molecule has 0 aliphatic rings. The largest absolute Gasteiger partial charge is 0.496 e. The molecule has 0 saturated carbocycles. The van der Waals surface area contributed by atoms with E-state index in [0.717, 1.165) is 28.0 Å². The van der Waals surface area contributed by atoms with Gasteiger partial charge in [0.15, 0.2) is 10.6 Å². The van der Waals surface area contributed by atoms with Crippen LogP contribution in [-0.4, -0.2) is 27.8 Å². The van der Waals surface area contributed by atoms with E-state index in [1.165, 1.54) is 0 Å². The van der Waals surface area contributed by atoms with Crippen LogP contribution in [0.1, 0.15) is 29.7 Å². The molecule has 146 valence electrons. The lowest BCUT2D eigenvalue weighted by Gasteiger charge is -2.18. The van der Waals surface area contributed by atoms with Crippen LogP contribution in [0.2, 0.25) is 0 Å². The van der Waals surface area contributed by atoms with Crippen LogP contribution < -0.4 is 10.1 Å². The smallest absolute Gasteiger partial charge is 0.240 e. The Morgan fingerprint density at radius 1 is 1.21 bits per heavy atom. The van der Waals surface area contributed by atoms with Crippen LogP contribution in [0.4, 0.5) is 0 Å². The molecule has 1 aromatic heterocycles. The molecular weight excluding hydrogens is 372 g/mol. The van der Waals surface area contributed by atoms with Crippen molar-refractivity contribution in [3.05, 3.63) is 63.9 Å². The zero-order valence-electron chi connectivity index (χ0n) is 16.4. The topological polar surface area (TPSA) is 71.9 Å². The van der Waals surface area contributed by atoms with Gasteiger partial charge in [0.2, 0.25) is 5.91 Å². The van der Waals surface area contributed by atoms with Gasteiger partial charge in [-0.25, -0.2) is 0 Å². The van der Waals surface area contributed by atoms with Crippen LogP contribution in [0.15, 0.2) is 42.5 Å². The minimum atomic E-state index is -0.203. The highest BCUT2D eigenvalue weighted by atomic mass is 32.1. The standard InChI is InChI=1S/C21H24N4O2S/c1-13-5-8-16(9-6-13)20-23-24-21(28)25(20)12-19(26)22-15(3)17-11-14(2)7-10-18(17)27-4/h5-11,15H,12H2,1-4H3,(H,22,26)(H,24,28). The molecule has 0 aliphatic heterocycles. The lowest BCUT2D eigenvalue weighted by Crippen LogP contribution is -2.30. The SMILES string of the molecule is COc1ccc(C)cc1C(C)NC(=O)Cn1c(-c2ccc(C)cc2)n[nH]c1=S. The van der Waals surface area contributed by atoms with Crippen molar-refractivity contribution < 1.29 is 9.53 Å². The monoisotopic (exact) mass is 396 g/mol. The summed E-state index contributed by atoms with van der Waals surface area (Å²) in [5.41, 5.74) is 4.10. The summed E-state index contributed by atoms with van der Waals surface area (Å²) in [5.74, 6) is 1.24. The minimum absolute atomic E-state index is 0.0804. The highest BCUT2D eigenvalue weighted by Gasteiger charge is 2.17. The zero-order valence-corrected chi connectivity index (χ0v) is 17.3. The van der Waals surface area contributed by atoms with Gasteiger partial charge in [-0.05, 0) is 39.1 Å². The summed E-state index contributed by atoms with van der Waals surface area (Å²) in [4.78, 5) is 12.7. The normalized spacial score (nSPS) is 11.9. The van der Waals surface area contributed by atoms with Crippen molar-refractivity contribution in [1.29, 1.82) is 0 Å². The number of benzene rings is 2. The molecule has 0 fully saturated rings. The van der Waals surface area contributed by atoms with Gasteiger partial charge in [-0.2, -0.15) is 5.10 Å². The molecule has 0 radical (unpaired) electrons. The van der Waals surface area contributed by atoms with Gasteiger partial charge in [0.25, 0.3) is 0 Å². The molecule has 1 amide bonds. The average molecular weight is 397 g/mol. The first-order valence-electron chi connectivity index (χ1n) is 9.05. The lowest BCUT2D eigenvalue weighted by atomic mass is 10.0. The van der Waals surface area contributed by atoms with E-state index in [1.54, 1.807) is 11.7 Å². The molecule has 1 unspecified atom stereocenters. The zero-order chi connectivity index (χ0) is 20.3. The Kier molecular flexibility index (Phi) is 5.94. The maximum absolute atomic E-state index is 12.7. The number of amides is 1. The highest BCUT2D eigenvalue weighted by molar-refractivity contribution is 7.71. The molecule has 3 aromatic rings. The first kappa shape index (κ1) is 19.8. The lowest BCUT2D eigenvalue weighted by molar-refractivity contribution is -0.122. The molecule has 6 nitrogen and oxygen atoms in total. The molecule has 2 aromatic carbocycles. The van der Waals surface area contributed by atoms with Crippen LogP contribution in [0, 0.1) is 18.6 Å². The van der Waals surface area contributed by atoms with Crippen LogP contribution in [-0.2, 0) is 11.3 Å². The number of aryl methyl sites for hydroxylation is 2. The van der Waals surface area contributed by atoms with Gasteiger partial charge in [0.1, 0.15) is 12.3 Å². The summed E-state index contributed by atoms with van der Waals surface area (Å²) in [6.45, 7) is 6.05. The Bertz CT molecular complexity index is 1040. The Balaban J connectivity index is 1.79. The van der Waals surface area contributed by atoms with Crippen LogP contribution >= 0.6 is 12.2 Å². The number of aromatic nitrogens is 3. The van der Waals surface area contributed by atoms with Crippen molar-refractivity contribution in [2.45, 2.75) is 33.4 Å². The molecule has 28 heavy (non-hydrogen) atoms. The predicted octanol–water partition coefficient (Wildman–Crippen LogP) is 4.11. The number of hydrogen-bond acceptors (Lipinski definition) is 4. The van der Waals surface area contributed by atoms with Crippen molar-refractivity contribution in [2.24, 2.45) is 0 Å². The van der Waals surface area contributed by atoms with Gasteiger partial charge in [-0.15, -0.1) is 0 Å². The molecule has 2 N–H and O–H groups in total. The van der Waals surface area contributed by atoms with E-state index in [4.69, 9.17) is 17.0 Å². The summed E-state index contributed by atoms with van der Waals surface area (Å²) in [6.07, 6.45) is 0. The summed E-state index contributed by atoms with van der Waals surface area (Å²) in [7, 11) is 1.63. The summed E-state index contributed by atoms with van der Waals surface area (Å²) < 4.78 is 7.54. The van der Waals surface area contributed by atoms with E-state index in [-0.39, 0.29) is 18.5 Å². The van der Waals surface area contributed by atoms with Crippen molar-refractivity contribution >= 4 is 18.1 Å². The summed E-state index contributed by atoms with van der Waals surface area (Å²) in [5, 5.41) is 10.1. The third-order valence-corrected chi connectivity index (χ3v) is 4.91. The number of H-pyrrole nitrogens is 1. The quantitative estimate of drug-likeness (QED) is 0.615. The fourth-order valence-corrected chi connectivity index (χ4v) is 3.28. The number of nitrogens with one attached hydrogen (secondary N) is 2. The Morgan fingerprint density at radius 2 is 1.89 bits per heavy atom.